The Balaban J connectivity index is 1.94. The fourth-order valence-corrected chi connectivity index (χ4v) is 2.35. The van der Waals surface area contributed by atoms with E-state index in [0.29, 0.717) is 5.75 Å². The summed E-state index contributed by atoms with van der Waals surface area (Å²) in [6.07, 6.45) is 1.34. The summed E-state index contributed by atoms with van der Waals surface area (Å²) in [4.78, 5) is 0. The van der Waals surface area contributed by atoms with Crippen LogP contribution in [0.3, 0.4) is 0 Å². The van der Waals surface area contributed by atoms with Gasteiger partial charge in [0.05, 0.1) is 0 Å². The van der Waals surface area contributed by atoms with Crippen LogP contribution in [-0.2, 0) is 0 Å². The van der Waals surface area contributed by atoms with Crippen LogP contribution in [-0.4, -0.2) is 11.7 Å². The quantitative estimate of drug-likeness (QED) is 0.887. The minimum atomic E-state index is 0.209. The Morgan fingerprint density at radius 3 is 2.81 bits per heavy atom. The molecule has 0 aromatic heterocycles. The molecule has 16 heavy (non-hydrogen) atoms. The Hall–Kier alpha value is -0.540. The summed E-state index contributed by atoms with van der Waals surface area (Å²) in [5, 5.41) is 13.3. The third-order valence-electron chi connectivity index (χ3n) is 3.42. The van der Waals surface area contributed by atoms with Gasteiger partial charge in [0, 0.05) is 16.1 Å². The molecule has 88 valence electrons. The van der Waals surface area contributed by atoms with Gasteiger partial charge in [-0.05, 0) is 43.9 Å². The first-order chi connectivity index (χ1) is 7.58. The summed E-state index contributed by atoms with van der Waals surface area (Å²) >= 11 is 3.35. The predicted molar refractivity (Wildman–Crippen MR) is 69.5 cm³/mol. The first kappa shape index (κ1) is 11.9. The van der Waals surface area contributed by atoms with E-state index < -0.39 is 0 Å². The predicted octanol–water partition coefficient (Wildman–Crippen LogP) is 3.46. The van der Waals surface area contributed by atoms with Gasteiger partial charge in [-0.15, -0.1) is 0 Å². The molecule has 1 aliphatic carbocycles. The van der Waals surface area contributed by atoms with E-state index >= 15 is 0 Å². The fraction of sp³-hybridized carbons (Fsp3) is 0.538. The average Bonchev–Trinajstić information content (AvgIpc) is 2.91. The summed E-state index contributed by atoms with van der Waals surface area (Å²) in [6, 6.07) is 5.88. The fourth-order valence-electron chi connectivity index (χ4n) is 2.00. The summed E-state index contributed by atoms with van der Waals surface area (Å²) in [7, 11) is 0. The van der Waals surface area contributed by atoms with Crippen LogP contribution in [0.25, 0.3) is 0 Å². The zero-order chi connectivity index (χ0) is 11.7. The number of nitrogens with one attached hydrogen (secondary N) is 1. The van der Waals surface area contributed by atoms with E-state index in [2.05, 4.69) is 35.1 Å². The number of hydrogen-bond donors (Lipinski definition) is 2. The van der Waals surface area contributed by atoms with E-state index in [1.54, 1.807) is 6.07 Å². The molecule has 3 atom stereocenters. The number of hydrogen-bond acceptors (Lipinski definition) is 2. The van der Waals surface area contributed by atoms with E-state index in [9.17, 15) is 5.11 Å². The first-order valence-electron chi connectivity index (χ1n) is 5.79. The maximum absolute atomic E-state index is 9.82. The smallest absolute Gasteiger partial charge is 0.121 e. The molecule has 3 heteroatoms. The van der Waals surface area contributed by atoms with Crippen molar-refractivity contribution in [2.24, 2.45) is 11.8 Å². The topological polar surface area (TPSA) is 32.3 Å². The largest absolute Gasteiger partial charge is 0.508 e. The van der Waals surface area contributed by atoms with Crippen molar-refractivity contribution < 1.29 is 5.11 Å². The van der Waals surface area contributed by atoms with Gasteiger partial charge in [0.1, 0.15) is 5.75 Å². The molecule has 0 saturated heterocycles. The van der Waals surface area contributed by atoms with Crippen molar-refractivity contribution >= 4 is 15.9 Å². The normalized spacial score (nSPS) is 25.4. The molecule has 1 aliphatic rings. The van der Waals surface area contributed by atoms with Gasteiger partial charge in [-0.25, -0.2) is 0 Å². The van der Waals surface area contributed by atoms with Crippen LogP contribution in [0.4, 0.5) is 0 Å². The monoisotopic (exact) mass is 283 g/mol. The molecule has 1 aromatic carbocycles. The van der Waals surface area contributed by atoms with Crippen LogP contribution >= 0.6 is 15.9 Å². The molecule has 0 spiro atoms. The molecule has 3 unspecified atom stereocenters. The number of benzene rings is 1. The van der Waals surface area contributed by atoms with Gasteiger partial charge in [-0.1, -0.05) is 28.9 Å². The second kappa shape index (κ2) is 4.76. The molecule has 0 radical (unpaired) electrons. The van der Waals surface area contributed by atoms with Gasteiger partial charge in [-0.2, -0.15) is 0 Å². The van der Waals surface area contributed by atoms with E-state index in [-0.39, 0.29) is 6.04 Å². The van der Waals surface area contributed by atoms with Crippen molar-refractivity contribution in [1.29, 1.82) is 0 Å². The molecule has 1 aromatic rings. The van der Waals surface area contributed by atoms with E-state index in [1.165, 1.54) is 6.42 Å². The third kappa shape index (κ3) is 2.77. The summed E-state index contributed by atoms with van der Waals surface area (Å²) < 4.78 is 0.914. The van der Waals surface area contributed by atoms with E-state index in [1.807, 2.05) is 12.1 Å². The Morgan fingerprint density at radius 2 is 2.25 bits per heavy atom. The molecular formula is C13H18BrNO. The Kier molecular flexibility index (Phi) is 3.55. The molecule has 0 bridgehead atoms. The van der Waals surface area contributed by atoms with Crippen LogP contribution in [0.2, 0.25) is 0 Å². The average molecular weight is 284 g/mol. The lowest BCUT2D eigenvalue weighted by Crippen LogP contribution is -2.21. The molecule has 0 amide bonds. The molecule has 2 N–H and O–H groups in total. The summed E-state index contributed by atoms with van der Waals surface area (Å²) in [5.74, 6) is 2.07. The van der Waals surface area contributed by atoms with E-state index in [4.69, 9.17) is 0 Å². The lowest BCUT2D eigenvalue weighted by atomic mass is 10.1. The van der Waals surface area contributed by atoms with Gasteiger partial charge in [-0.3, -0.25) is 0 Å². The number of rotatable bonds is 4. The zero-order valence-electron chi connectivity index (χ0n) is 9.70. The first-order valence-corrected chi connectivity index (χ1v) is 6.59. The van der Waals surface area contributed by atoms with Gasteiger partial charge >= 0.3 is 0 Å². The minimum absolute atomic E-state index is 0.209. The van der Waals surface area contributed by atoms with Crippen molar-refractivity contribution in [3.63, 3.8) is 0 Å². The Morgan fingerprint density at radius 1 is 1.56 bits per heavy atom. The number of phenolic OH excluding ortho intramolecular Hbond substituents is 1. The lowest BCUT2D eigenvalue weighted by Gasteiger charge is -2.15. The van der Waals surface area contributed by atoms with Crippen molar-refractivity contribution in [2.45, 2.75) is 26.3 Å². The highest BCUT2D eigenvalue weighted by Crippen LogP contribution is 2.37. The molecule has 1 saturated carbocycles. The number of aromatic hydroxyl groups is 1. The summed E-state index contributed by atoms with van der Waals surface area (Å²) in [6.45, 7) is 5.43. The molecule has 2 nitrogen and oxygen atoms in total. The van der Waals surface area contributed by atoms with Gasteiger partial charge in [0.25, 0.3) is 0 Å². The highest BCUT2D eigenvalue weighted by molar-refractivity contribution is 9.10. The molecule has 0 aliphatic heterocycles. The van der Waals surface area contributed by atoms with Crippen molar-refractivity contribution in [3.8, 4) is 5.75 Å². The minimum Gasteiger partial charge on any atom is -0.508 e. The Bertz CT molecular complexity index is 380. The second-order valence-corrected chi connectivity index (χ2v) is 5.72. The van der Waals surface area contributed by atoms with Gasteiger partial charge < -0.3 is 10.4 Å². The van der Waals surface area contributed by atoms with Crippen LogP contribution < -0.4 is 5.32 Å². The maximum atomic E-state index is 9.82. The number of halogens is 1. The standard InChI is InChI=1S/C13H18BrNO/c1-8-5-10(8)7-15-9(2)12-4-3-11(14)6-13(12)16/h3-4,6,8-10,15-16H,5,7H2,1-2H3. The SMILES string of the molecule is CC(NCC1CC1C)c1ccc(Br)cc1O. The van der Waals surface area contributed by atoms with Crippen LogP contribution in [0.1, 0.15) is 31.9 Å². The number of phenols is 1. The van der Waals surface area contributed by atoms with Gasteiger partial charge in [0.15, 0.2) is 0 Å². The van der Waals surface area contributed by atoms with E-state index in [0.717, 1.165) is 28.4 Å². The lowest BCUT2D eigenvalue weighted by molar-refractivity contribution is 0.449. The molecule has 2 rings (SSSR count). The zero-order valence-corrected chi connectivity index (χ0v) is 11.3. The second-order valence-electron chi connectivity index (χ2n) is 4.81. The van der Waals surface area contributed by atoms with Crippen LogP contribution in [0.15, 0.2) is 22.7 Å². The van der Waals surface area contributed by atoms with Gasteiger partial charge in [0.2, 0.25) is 0 Å². The molecule has 1 fully saturated rings. The maximum Gasteiger partial charge on any atom is 0.121 e. The summed E-state index contributed by atoms with van der Waals surface area (Å²) in [5.41, 5.74) is 0.969. The van der Waals surface area contributed by atoms with Crippen molar-refractivity contribution in [1.82, 2.24) is 5.32 Å². The van der Waals surface area contributed by atoms with Crippen molar-refractivity contribution in [3.05, 3.63) is 28.2 Å². The third-order valence-corrected chi connectivity index (χ3v) is 3.91. The Labute approximate surface area is 105 Å². The van der Waals surface area contributed by atoms with Crippen LogP contribution in [0, 0.1) is 11.8 Å². The highest BCUT2D eigenvalue weighted by Gasteiger charge is 2.32. The molecule has 0 heterocycles. The highest BCUT2D eigenvalue weighted by atomic mass is 79.9. The van der Waals surface area contributed by atoms with Crippen molar-refractivity contribution in [2.75, 3.05) is 6.54 Å². The molecular weight excluding hydrogens is 266 g/mol. The van der Waals surface area contributed by atoms with Crippen LogP contribution in [0.5, 0.6) is 5.75 Å².